The second-order valence-electron chi connectivity index (χ2n) is 5.08. The molecule has 122 valence electrons. The Kier molecular flexibility index (Phi) is 6.02. The molecule has 1 aromatic heterocycles. The van der Waals surface area contributed by atoms with Crippen LogP contribution in [0.5, 0.6) is 0 Å². The first-order valence-electron chi connectivity index (χ1n) is 7.13. The van der Waals surface area contributed by atoms with Gasteiger partial charge in [0.2, 0.25) is 0 Å². The monoisotopic (exact) mass is 329 g/mol. The van der Waals surface area contributed by atoms with Crippen molar-refractivity contribution in [3.05, 3.63) is 21.6 Å². The van der Waals surface area contributed by atoms with E-state index < -0.39 is 5.56 Å². The minimum absolute atomic E-state index is 0.0118. The van der Waals surface area contributed by atoms with Crippen LogP contribution in [0.15, 0.2) is 11.0 Å². The molecular formula is C13H20ClN5O3. The standard InChI is InChI=1S/C13H20ClN5O3/c1-22-6-2-4-15-13(21)17-9-3-5-19(8-9)10-7-16-18-12(20)11(10)14/h7,9H,2-6,8H2,1H3,(H,18,20)(H2,15,17,21)/t9-/m1/s1. The molecule has 1 fully saturated rings. The van der Waals surface area contributed by atoms with Crippen molar-refractivity contribution in [1.82, 2.24) is 20.8 Å². The van der Waals surface area contributed by atoms with Crippen molar-refractivity contribution in [3.63, 3.8) is 0 Å². The number of urea groups is 1. The average molecular weight is 330 g/mol. The number of nitrogens with zero attached hydrogens (tertiary/aromatic N) is 2. The van der Waals surface area contributed by atoms with Gasteiger partial charge in [0, 0.05) is 39.4 Å². The lowest BCUT2D eigenvalue weighted by molar-refractivity contribution is 0.193. The fraction of sp³-hybridized carbons (Fsp3) is 0.615. The van der Waals surface area contributed by atoms with Gasteiger partial charge in [-0.25, -0.2) is 9.89 Å². The summed E-state index contributed by atoms with van der Waals surface area (Å²) in [5.74, 6) is 0. The number of aromatic amines is 1. The lowest BCUT2D eigenvalue weighted by Crippen LogP contribution is -2.43. The number of hydrogen-bond donors (Lipinski definition) is 3. The number of nitrogens with one attached hydrogen (secondary N) is 3. The van der Waals surface area contributed by atoms with Crippen LogP contribution in [0.1, 0.15) is 12.8 Å². The second-order valence-corrected chi connectivity index (χ2v) is 5.45. The zero-order valence-corrected chi connectivity index (χ0v) is 13.2. The molecule has 0 unspecified atom stereocenters. The maximum Gasteiger partial charge on any atom is 0.315 e. The third-order valence-corrected chi connectivity index (χ3v) is 3.82. The highest BCUT2D eigenvalue weighted by atomic mass is 35.5. The van der Waals surface area contributed by atoms with Gasteiger partial charge in [0.25, 0.3) is 5.56 Å². The third-order valence-electron chi connectivity index (χ3n) is 3.45. The Morgan fingerprint density at radius 3 is 3.23 bits per heavy atom. The summed E-state index contributed by atoms with van der Waals surface area (Å²) >= 11 is 5.99. The van der Waals surface area contributed by atoms with Crippen LogP contribution in [0, 0.1) is 0 Å². The molecule has 1 aliphatic heterocycles. The summed E-state index contributed by atoms with van der Waals surface area (Å²) < 4.78 is 4.92. The van der Waals surface area contributed by atoms with Gasteiger partial charge in [-0.15, -0.1) is 0 Å². The van der Waals surface area contributed by atoms with E-state index in [0.29, 0.717) is 31.9 Å². The number of amides is 2. The molecule has 1 aromatic rings. The van der Waals surface area contributed by atoms with Crippen LogP contribution in [-0.4, -0.2) is 55.6 Å². The number of halogens is 1. The van der Waals surface area contributed by atoms with Crippen LogP contribution < -0.4 is 21.1 Å². The van der Waals surface area contributed by atoms with Gasteiger partial charge in [-0.05, 0) is 12.8 Å². The fourth-order valence-electron chi connectivity index (χ4n) is 2.35. The van der Waals surface area contributed by atoms with Crippen molar-refractivity contribution in [2.24, 2.45) is 0 Å². The SMILES string of the molecule is COCCCNC(=O)N[C@@H]1CCN(c2cn[nH]c(=O)c2Cl)C1. The number of rotatable bonds is 6. The van der Waals surface area contributed by atoms with Gasteiger partial charge in [-0.2, -0.15) is 5.10 Å². The molecule has 0 bridgehead atoms. The van der Waals surface area contributed by atoms with Crippen molar-refractivity contribution >= 4 is 23.3 Å². The first-order valence-corrected chi connectivity index (χ1v) is 7.51. The van der Waals surface area contributed by atoms with Crippen LogP contribution >= 0.6 is 11.6 Å². The maximum absolute atomic E-state index is 11.8. The molecule has 0 aromatic carbocycles. The molecule has 0 saturated carbocycles. The highest BCUT2D eigenvalue weighted by Gasteiger charge is 2.26. The number of anilines is 1. The van der Waals surface area contributed by atoms with E-state index >= 15 is 0 Å². The quantitative estimate of drug-likeness (QED) is 0.653. The minimum atomic E-state index is -0.411. The van der Waals surface area contributed by atoms with E-state index in [1.165, 1.54) is 6.20 Å². The number of ether oxygens (including phenoxy) is 1. The number of H-pyrrole nitrogens is 1. The number of methoxy groups -OCH3 is 1. The topological polar surface area (TPSA) is 99.3 Å². The lowest BCUT2D eigenvalue weighted by Gasteiger charge is -2.19. The molecule has 0 aliphatic carbocycles. The van der Waals surface area contributed by atoms with Crippen molar-refractivity contribution in [2.75, 3.05) is 38.3 Å². The summed E-state index contributed by atoms with van der Waals surface area (Å²) in [5, 5.41) is 11.9. The summed E-state index contributed by atoms with van der Waals surface area (Å²) in [6, 6.07) is -0.184. The highest BCUT2D eigenvalue weighted by Crippen LogP contribution is 2.24. The van der Waals surface area contributed by atoms with Crippen LogP contribution in [0.4, 0.5) is 10.5 Å². The Morgan fingerprint density at radius 2 is 2.45 bits per heavy atom. The normalized spacial score (nSPS) is 17.5. The first kappa shape index (κ1) is 16.6. The maximum atomic E-state index is 11.8. The van der Waals surface area contributed by atoms with Gasteiger partial charge in [0.05, 0.1) is 11.9 Å². The zero-order chi connectivity index (χ0) is 15.9. The first-order chi connectivity index (χ1) is 10.6. The molecule has 8 nitrogen and oxygen atoms in total. The van der Waals surface area contributed by atoms with Gasteiger partial charge in [-0.3, -0.25) is 4.79 Å². The van der Waals surface area contributed by atoms with E-state index in [9.17, 15) is 9.59 Å². The minimum Gasteiger partial charge on any atom is -0.385 e. The molecule has 1 atom stereocenters. The molecule has 3 N–H and O–H groups in total. The Balaban J connectivity index is 1.81. The van der Waals surface area contributed by atoms with Crippen molar-refractivity contribution in [1.29, 1.82) is 0 Å². The molecule has 2 heterocycles. The molecule has 2 rings (SSSR count). The Labute approximate surface area is 133 Å². The van der Waals surface area contributed by atoms with E-state index in [1.807, 2.05) is 4.90 Å². The van der Waals surface area contributed by atoms with Gasteiger partial charge in [0.15, 0.2) is 0 Å². The van der Waals surface area contributed by atoms with Gasteiger partial charge >= 0.3 is 6.03 Å². The van der Waals surface area contributed by atoms with Crippen LogP contribution in [0.2, 0.25) is 5.02 Å². The highest BCUT2D eigenvalue weighted by molar-refractivity contribution is 6.33. The zero-order valence-electron chi connectivity index (χ0n) is 12.4. The van der Waals surface area contributed by atoms with Crippen molar-refractivity contribution in [2.45, 2.75) is 18.9 Å². The summed E-state index contributed by atoms with van der Waals surface area (Å²) in [7, 11) is 1.63. The van der Waals surface area contributed by atoms with Crippen molar-refractivity contribution in [3.8, 4) is 0 Å². The van der Waals surface area contributed by atoms with Gasteiger partial charge in [0.1, 0.15) is 5.02 Å². The molecule has 0 radical (unpaired) electrons. The molecule has 9 heteroatoms. The van der Waals surface area contributed by atoms with E-state index in [-0.39, 0.29) is 17.1 Å². The Bertz CT molecular complexity index is 565. The smallest absolute Gasteiger partial charge is 0.315 e. The average Bonchev–Trinajstić information content (AvgIpc) is 2.95. The lowest BCUT2D eigenvalue weighted by atomic mass is 10.3. The predicted molar refractivity (Wildman–Crippen MR) is 83.5 cm³/mol. The molecule has 2 amide bonds. The molecule has 22 heavy (non-hydrogen) atoms. The van der Waals surface area contributed by atoms with Crippen LogP contribution in [0.25, 0.3) is 0 Å². The second kappa shape index (κ2) is 8.00. The summed E-state index contributed by atoms with van der Waals surface area (Å²) in [6.07, 6.45) is 3.08. The van der Waals surface area contributed by atoms with Gasteiger partial charge < -0.3 is 20.3 Å². The van der Waals surface area contributed by atoms with E-state index in [4.69, 9.17) is 16.3 Å². The Morgan fingerprint density at radius 1 is 1.64 bits per heavy atom. The summed E-state index contributed by atoms with van der Waals surface area (Å²) in [6.45, 7) is 2.49. The molecule has 1 aliphatic rings. The summed E-state index contributed by atoms with van der Waals surface area (Å²) in [5.41, 5.74) is 0.182. The fourth-order valence-corrected chi connectivity index (χ4v) is 2.56. The van der Waals surface area contributed by atoms with Crippen molar-refractivity contribution < 1.29 is 9.53 Å². The van der Waals surface area contributed by atoms with E-state index in [0.717, 1.165) is 12.8 Å². The number of aromatic nitrogens is 2. The molecule has 1 saturated heterocycles. The molecule has 0 spiro atoms. The number of hydrogen-bond acceptors (Lipinski definition) is 5. The molecular weight excluding hydrogens is 310 g/mol. The summed E-state index contributed by atoms with van der Waals surface area (Å²) in [4.78, 5) is 25.2. The van der Waals surface area contributed by atoms with E-state index in [2.05, 4.69) is 20.8 Å². The third kappa shape index (κ3) is 4.35. The number of carbonyl (C=O) groups excluding carboxylic acids is 1. The number of carbonyl (C=O) groups is 1. The van der Waals surface area contributed by atoms with Crippen LogP contribution in [-0.2, 0) is 4.74 Å². The van der Waals surface area contributed by atoms with Gasteiger partial charge in [-0.1, -0.05) is 11.6 Å². The van der Waals surface area contributed by atoms with Crippen LogP contribution in [0.3, 0.4) is 0 Å². The van der Waals surface area contributed by atoms with E-state index in [1.54, 1.807) is 7.11 Å². The largest absolute Gasteiger partial charge is 0.385 e. The predicted octanol–water partition coefficient (Wildman–Crippen LogP) is 0.338. The Hall–Kier alpha value is -1.80.